The first-order chi connectivity index (χ1) is 15.9. The lowest BCUT2D eigenvalue weighted by molar-refractivity contribution is -0.138. The molecule has 5 heteroatoms. The first-order valence-electron chi connectivity index (χ1n) is 12.3. The van der Waals surface area contributed by atoms with Crippen LogP contribution in [-0.2, 0) is 19.1 Å². The third-order valence-electron chi connectivity index (χ3n) is 6.05. The zero-order valence-corrected chi connectivity index (χ0v) is 21.8. The van der Waals surface area contributed by atoms with Gasteiger partial charge in [0.25, 0.3) is 0 Å². The molecule has 0 heterocycles. The van der Waals surface area contributed by atoms with E-state index in [9.17, 15) is 19.5 Å². The summed E-state index contributed by atoms with van der Waals surface area (Å²) in [6.07, 6.45) is 15.0. The highest BCUT2D eigenvalue weighted by molar-refractivity contribution is 6.19. The molecule has 0 saturated heterocycles. The minimum absolute atomic E-state index is 0.0976. The molecule has 0 saturated carbocycles. The molecular formula is C29H42O5. The Balaban J connectivity index is 2.37. The summed E-state index contributed by atoms with van der Waals surface area (Å²) in [6.45, 7) is 11.6. The molecule has 1 aliphatic rings. The van der Waals surface area contributed by atoms with E-state index in [0.29, 0.717) is 42.6 Å². The molecule has 0 spiro atoms. The van der Waals surface area contributed by atoms with Gasteiger partial charge in [-0.2, -0.15) is 0 Å². The van der Waals surface area contributed by atoms with Gasteiger partial charge in [0.05, 0.1) is 12.2 Å². The summed E-state index contributed by atoms with van der Waals surface area (Å²) in [4.78, 5) is 35.4. The minimum atomic E-state index is -0.887. The van der Waals surface area contributed by atoms with E-state index in [1.54, 1.807) is 27.7 Å². The predicted molar refractivity (Wildman–Crippen MR) is 137 cm³/mol. The van der Waals surface area contributed by atoms with Crippen LogP contribution >= 0.6 is 0 Å². The molecule has 0 aliphatic heterocycles. The number of hydrogen-bond donors (Lipinski definition) is 1. The van der Waals surface area contributed by atoms with Crippen LogP contribution in [0.5, 0.6) is 0 Å². The number of carbonyl (C=O) groups excluding carboxylic acids is 3. The van der Waals surface area contributed by atoms with Crippen molar-refractivity contribution in [2.24, 2.45) is 0 Å². The van der Waals surface area contributed by atoms with Gasteiger partial charge in [0, 0.05) is 16.7 Å². The first-order valence-corrected chi connectivity index (χ1v) is 12.3. The van der Waals surface area contributed by atoms with E-state index in [1.807, 2.05) is 6.08 Å². The normalized spacial score (nSPS) is 17.3. The molecule has 1 rings (SSSR count). The summed E-state index contributed by atoms with van der Waals surface area (Å²) in [5.41, 5.74) is 3.32. The number of aliphatic hydroxyl groups is 1. The molecule has 0 aromatic carbocycles. The first kappa shape index (κ1) is 29.5. The third kappa shape index (κ3) is 11.6. The molecule has 1 N–H and O–H groups in total. The largest absolute Gasteiger partial charge is 0.463 e. The lowest BCUT2D eigenvalue weighted by atomic mass is 9.87. The minimum Gasteiger partial charge on any atom is -0.463 e. The quantitative estimate of drug-likeness (QED) is 0.140. The monoisotopic (exact) mass is 470 g/mol. The Labute approximate surface area is 205 Å². The van der Waals surface area contributed by atoms with Gasteiger partial charge in [-0.3, -0.25) is 9.59 Å². The van der Waals surface area contributed by atoms with Crippen molar-refractivity contribution in [1.82, 2.24) is 0 Å². The summed E-state index contributed by atoms with van der Waals surface area (Å²) in [7, 11) is 0. The second-order valence-electron chi connectivity index (χ2n) is 9.55. The van der Waals surface area contributed by atoms with Crippen LogP contribution in [-0.4, -0.2) is 34.9 Å². The highest BCUT2D eigenvalue weighted by Gasteiger charge is 2.24. The number of esters is 1. The third-order valence-corrected chi connectivity index (χ3v) is 6.05. The van der Waals surface area contributed by atoms with Crippen LogP contribution in [0.25, 0.3) is 0 Å². The standard InChI is InChI=1S/C29H42O5/c1-7-34-28(32)23(4)15-9-13-21(2)11-8-12-22(3)14-10-17-29(6,33)18-16-25-20-26(30)19-24(5)27(25)31/h11,14-15,19-20,33H,7-10,12-13,16-18H2,1-6H3/b21-11+,22-14+,23-15+/t29-/m1/s1. The number of hydrogen-bond acceptors (Lipinski definition) is 5. The van der Waals surface area contributed by atoms with Gasteiger partial charge in [-0.15, -0.1) is 0 Å². The highest BCUT2D eigenvalue weighted by Crippen LogP contribution is 2.25. The summed E-state index contributed by atoms with van der Waals surface area (Å²) < 4.78 is 4.98. The van der Waals surface area contributed by atoms with E-state index in [1.165, 1.54) is 23.3 Å². The average molecular weight is 471 g/mol. The van der Waals surface area contributed by atoms with E-state index in [2.05, 4.69) is 26.0 Å². The molecule has 0 bridgehead atoms. The lowest BCUT2D eigenvalue weighted by Crippen LogP contribution is -2.25. The van der Waals surface area contributed by atoms with E-state index in [0.717, 1.165) is 32.1 Å². The Bertz CT molecular complexity index is 893. The van der Waals surface area contributed by atoms with Crippen molar-refractivity contribution in [3.05, 3.63) is 58.2 Å². The molecule has 0 radical (unpaired) electrons. The van der Waals surface area contributed by atoms with Crippen molar-refractivity contribution >= 4 is 17.5 Å². The SMILES string of the molecule is CCOC(=O)/C(C)=C/CC/C(C)=C/CC/C(C)=C/CC[C@@](C)(O)CCC1=CC(=O)C=C(C)C1=O. The number of allylic oxidation sites excluding steroid dienone is 9. The highest BCUT2D eigenvalue weighted by atomic mass is 16.5. The smallest absolute Gasteiger partial charge is 0.333 e. The zero-order valence-electron chi connectivity index (χ0n) is 21.8. The molecule has 188 valence electrons. The van der Waals surface area contributed by atoms with Gasteiger partial charge < -0.3 is 9.84 Å². The summed E-state index contributed by atoms with van der Waals surface area (Å²) in [5.74, 6) is -0.497. The summed E-state index contributed by atoms with van der Waals surface area (Å²) in [5, 5.41) is 10.7. The number of carbonyl (C=O) groups is 3. The van der Waals surface area contributed by atoms with E-state index in [-0.39, 0.29) is 17.5 Å². The van der Waals surface area contributed by atoms with Gasteiger partial charge in [0.2, 0.25) is 0 Å². The second-order valence-corrected chi connectivity index (χ2v) is 9.55. The maximum atomic E-state index is 12.2. The van der Waals surface area contributed by atoms with Crippen LogP contribution in [0.4, 0.5) is 0 Å². The van der Waals surface area contributed by atoms with Crippen LogP contribution in [0.15, 0.2) is 58.2 Å². The summed E-state index contributed by atoms with van der Waals surface area (Å²) in [6, 6.07) is 0. The van der Waals surface area contributed by atoms with Crippen LogP contribution in [0.1, 0.15) is 92.9 Å². The van der Waals surface area contributed by atoms with Crippen molar-refractivity contribution < 1.29 is 24.2 Å². The molecule has 0 fully saturated rings. The van der Waals surface area contributed by atoms with Crippen LogP contribution in [0, 0.1) is 0 Å². The molecule has 5 nitrogen and oxygen atoms in total. The Morgan fingerprint density at radius 2 is 1.56 bits per heavy atom. The maximum Gasteiger partial charge on any atom is 0.333 e. The Morgan fingerprint density at radius 3 is 2.18 bits per heavy atom. The van der Waals surface area contributed by atoms with Crippen LogP contribution in [0.3, 0.4) is 0 Å². The van der Waals surface area contributed by atoms with Crippen LogP contribution < -0.4 is 0 Å². The average Bonchev–Trinajstić information content (AvgIpc) is 2.75. The van der Waals surface area contributed by atoms with Crippen LogP contribution in [0.2, 0.25) is 0 Å². The Hall–Kier alpha value is -2.53. The van der Waals surface area contributed by atoms with Crippen molar-refractivity contribution in [3.8, 4) is 0 Å². The van der Waals surface area contributed by atoms with Gasteiger partial charge in [-0.05, 0) is 105 Å². The molecule has 0 unspecified atom stereocenters. The molecule has 34 heavy (non-hydrogen) atoms. The zero-order chi connectivity index (χ0) is 25.7. The molecule has 0 amide bonds. The van der Waals surface area contributed by atoms with Gasteiger partial charge in [-0.1, -0.05) is 29.4 Å². The molecule has 1 aliphatic carbocycles. The number of ether oxygens (including phenoxy) is 1. The Morgan fingerprint density at radius 1 is 0.971 bits per heavy atom. The topological polar surface area (TPSA) is 80.7 Å². The van der Waals surface area contributed by atoms with Gasteiger partial charge >= 0.3 is 5.97 Å². The Kier molecular flexibility index (Phi) is 12.7. The fourth-order valence-corrected chi connectivity index (χ4v) is 3.75. The second kappa shape index (κ2) is 14.7. The van der Waals surface area contributed by atoms with Gasteiger partial charge in [-0.25, -0.2) is 4.79 Å². The maximum absolute atomic E-state index is 12.2. The molecule has 1 atom stereocenters. The van der Waals surface area contributed by atoms with Crippen molar-refractivity contribution in [2.45, 2.75) is 98.5 Å². The fourth-order valence-electron chi connectivity index (χ4n) is 3.75. The number of ketones is 2. The molecular weight excluding hydrogens is 428 g/mol. The van der Waals surface area contributed by atoms with Gasteiger partial charge in [0.1, 0.15) is 0 Å². The summed E-state index contributed by atoms with van der Waals surface area (Å²) >= 11 is 0. The van der Waals surface area contributed by atoms with Crippen molar-refractivity contribution in [3.63, 3.8) is 0 Å². The fraction of sp³-hybridized carbons (Fsp3) is 0.552. The molecule has 0 aromatic heterocycles. The van der Waals surface area contributed by atoms with E-state index >= 15 is 0 Å². The van der Waals surface area contributed by atoms with Gasteiger partial charge in [0.15, 0.2) is 11.6 Å². The van der Waals surface area contributed by atoms with Crippen molar-refractivity contribution in [2.75, 3.05) is 6.61 Å². The molecule has 0 aromatic rings. The number of rotatable bonds is 14. The van der Waals surface area contributed by atoms with E-state index in [4.69, 9.17) is 4.74 Å². The lowest BCUT2D eigenvalue weighted by Gasteiger charge is -2.23. The van der Waals surface area contributed by atoms with Crippen molar-refractivity contribution in [1.29, 1.82) is 0 Å². The van der Waals surface area contributed by atoms with E-state index < -0.39 is 5.60 Å². The number of Topliss-reactive ketones (excluding diaryl/α,β-unsaturated/α-hetero) is 1. The predicted octanol–water partition coefficient (Wildman–Crippen LogP) is 6.28.